The van der Waals surface area contributed by atoms with E-state index in [9.17, 15) is 0 Å². The van der Waals surface area contributed by atoms with Gasteiger partial charge in [0.05, 0.1) is 0 Å². The second-order valence-corrected chi connectivity index (χ2v) is 12.9. The third-order valence-electron chi connectivity index (χ3n) is 9.88. The Labute approximate surface area is 289 Å². The number of furan rings is 2. The molecule has 0 radical (unpaired) electrons. The van der Waals surface area contributed by atoms with Crippen LogP contribution in [0, 0.1) is 0 Å². The molecule has 0 saturated carbocycles. The molecule has 0 aliphatic rings. The van der Waals surface area contributed by atoms with Gasteiger partial charge in [-0.3, -0.25) is 0 Å². The maximum Gasteiger partial charge on any atom is 0.143 e. The molecule has 10 aromatic rings. The summed E-state index contributed by atoms with van der Waals surface area (Å²) in [5.74, 6) is 0. The minimum atomic E-state index is 0.857. The Morgan fingerprint density at radius 1 is 0.240 bits per heavy atom. The molecule has 0 saturated heterocycles. The van der Waals surface area contributed by atoms with Crippen LogP contribution in [0.4, 0.5) is 0 Å². The maximum absolute atomic E-state index is 6.68. The van der Waals surface area contributed by atoms with Crippen LogP contribution in [-0.4, -0.2) is 0 Å². The van der Waals surface area contributed by atoms with Crippen molar-refractivity contribution in [3.63, 3.8) is 0 Å². The van der Waals surface area contributed by atoms with Crippen LogP contribution in [0.3, 0.4) is 0 Å². The predicted octanol–water partition coefficient (Wildman–Crippen LogP) is 13.8. The highest BCUT2D eigenvalue weighted by Crippen LogP contribution is 2.42. The van der Waals surface area contributed by atoms with Crippen LogP contribution in [0.1, 0.15) is 0 Å². The second kappa shape index (κ2) is 11.5. The number of rotatable bonds is 5. The molecular formula is C48H30O2. The molecule has 234 valence electrons. The van der Waals surface area contributed by atoms with Crippen LogP contribution in [0.2, 0.25) is 0 Å². The lowest BCUT2D eigenvalue weighted by Crippen LogP contribution is -1.86. The van der Waals surface area contributed by atoms with E-state index in [-0.39, 0.29) is 0 Å². The Morgan fingerprint density at radius 2 is 0.600 bits per heavy atom. The fraction of sp³-hybridized carbons (Fsp3) is 0. The molecule has 0 bridgehead atoms. The van der Waals surface area contributed by atoms with E-state index < -0.39 is 0 Å². The van der Waals surface area contributed by atoms with Gasteiger partial charge in [-0.15, -0.1) is 0 Å². The molecule has 0 atom stereocenters. The minimum Gasteiger partial charge on any atom is -0.455 e. The van der Waals surface area contributed by atoms with Crippen LogP contribution in [0.5, 0.6) is 0 Å². The summed E-state index contributed by atoms with van der Waals surface area (Å²) in [6.07, 6.45) is 0. The molecule has 0 unspecified atom stereocenters. The molecule has 2 heteroatoms. The van der Waals surface area contributed by atoms with E-state index in [4.69, 9.17) is 8.83 Å². The van der Waals surface area contributed by atoms with Gasteiger partial charge >= 0.3 is 0 Å². The van der Waals surface area contributed by atoms with Crippen molar-refractivity contribution < 1.29 is 8.83 Å². The quantitative estimate of drug-likeness (QED) is 0.187. The Bertz CT molecular complexity index is 2770. The highest BCUT2D eigenvalue weighted by molar-refractivity contribution is 6.17. The SMILES string of the molecule is c1ccc(-c2cc(-c3ccccc3)cc(-c3ccc(-c4cccc5c4oc4cc6c(cc45)oc4c(-c5ccccc5)cccc46)cc3)c2)cc1. The third kappa shape index (κ3) is 4.73. The molecule has 2 nitrogen and oxygen atoms in total. The van der Waals surface area contributed by atoms with Gasteiger partial charge in [-0.2, -0.15) is 0 Å². The zero-order chi connectivity index (χ0) is 33.0. The van der Waals surface area contributed by atoms with Gasteiger partial charge in [-0.1, -0.05) is 152 Å². The van der Waals surface area contributed by atoms with Gasteiger partial charge in [-0.25, -0.2) is 0 Å². The first-order valence-electron chi connectivity index (χ1n) is 17.0. The molecule has 10 rings (SSSR count). The van der Waals surface area contributed by atoms with Gasteiger partial charge in [0.1, 0.15) is 22.3 Å². The Morgan fingerprint density at radius 3 is 1.04 bits per heavy atom. The van der Waals surface area contributed by atoms with Gasteiger partial charge in [-0.05, 0) is 74.8 Å². The largest absolute Gasteiger partial charge is 0.455 e. The molecule has 2 aromatic heterocycles. The van der Waals surface area contributed by atoms with Crippen molar-refractivity contribution in [1.29, 1.82) is 0 Å². The summed E-state index contributed by atoms with van der Waals surface area (Å²) >= 11 is 0. The van der Waals surface area contributed by atoms with Crippen molar-refractivity contribution >= 4 is 43.9 Å². The highest BCUT2D eigenvalue weighted by atomic mass is 16.3. The summed E-state index contributed by atoms with van der Waals surface area (Å²) in [6, 6.07) is 64.4. The zero-order valence-electron chi connectivity index (χ0n) is 27.1. The average molecular weight is 639 g/mol. The molecule has 8 aromatic carbocycles. The summed E-state index contributed by atoms with van der Waals surface area (Å²) in [5.41, 5.74) is 15.1. The van der Waals surface area contributed by atoms with Gasteiger partial charge in [0, 0.05) is 32.7 Å². The third-order valence-corrected chi connectivity index (χ3v) is 9.88. The summed E-state index contributed by atoms with van der Waals surface area (Å²) in [6.45, 7) is 0. The van der Waals surface area contributed by atoms with Crippen molar-refractivity contribution in [2.45, 2.75) is 0 Å². The van der Waals surface area contributed by atoms with Gasteiger partial charge in [0.2, 0.25) is 0 Å². The van der Waals surface area contributed by atoms with Crippen molar-refractivity contribution in [1.82, 2.24) is 0 Å². The van der Waals surface area contributed by atoms with E-state index in [1.165, 1.54) is 33.4 Å². The Balaban J connectivity index is 1.06. The molecule has 50 heavy (non-hydrogen) atoms. The monoisotopic (exact) mass is 638 g/mol. The normalized spacial score (nSPS) is 11.6. The highest BCUT2D eigenvalue weighted by Gasteiger charge is 2.18. The van der Waals surface area contributed by atoms with Crippen LogP contribution >= 0.6 is 0 Å². The van der Waals surface area contributed by atoms with E-state index in [2.05, 4.69) is 176 Å². The van der Waals surface area contributed by atoms with Crippen LogP contribution in [0.15, 0.2) is 191 Å². The van der Waals surface area contributed by atoms with E-state index in [1.54, 1.807) is 0 Å². The Hall–Kier alpha value is -6.64. The summed E-state index contributed by atoms with van der Waals surface area (Å²) in [4.78, 5) is 0. The topological polar surface area (TPSA) is 26.3 Å². The van der Waals surface area contributed by atoms with Crippen LogP contribution in [0.25, 0.3) is 99.5 Å². The van der Waals surface area contributed by atoms with E-state index >= 15 is 0 Å². The minimum absolute atomic E-state index is 0.857. The first-order chi connectivity index (χ1) is 24.8. The predicted molar refractivity (Wildman–Crippen MR) is 208 cm³/mol. The molecule has 0 aliphatic carbocycles. The molecule has 0 aliphatic heterocycles. The number of fused-ring (bicyclic) bond motifs is 6. The summed E-state index contributed by atoms with van der Waals surface area (Å²) in [7, 11) is 0. The molecule has 0 N–H and O–H groups in total. The van der Waals surface area contributed by atoms with Crippen molar-refractivity contribution in [3.8, 4) is 55.6 Å². The lowest BCUT2D eigenvalue weighted by atomic mass is 9.92. The van der Waals surface area contributed by atoms with E-state index in [0.29, 0.717) is 0 Å². The number of hydrogen-bond donors (Lipinski definition) is 0. The van der Waals surface area contributed by atoms with Crippen LogP contribution < -0.4 is 0 Å². The van der Waals surface area contributed by atoms with Gasteiger partial charge in [0.15, 0.2) is 0 Å². The fourth-order valence-electron chi connectivity index (χ4n) is 7.39. The van der Waals surface area contributed by atoms with Gasteiger partial charge in [0.25, 0.3) is 0 Å². The number of hydrogen-bond acceptors (Lipinski definition) is 2. The fourth-order valence-corrected chi connectivity index (χ4v) is 7.39. The van der Waals surface area contributed by atoms with Crippen molar-refractivity contribution in [2.75, 3.05) is 0 Å². The smallest absolute Gasteiger partial charge is 0.143 e. The first kappa shape index (κ1) is 28.4. The molecular weight excluding hydrogens is 609 g/mol. The zero-order valence-corrected chi connectivity index (χ0v) is 27.1. The lowest BCUT2D eigenvalue weighted by molar-refractivity contribution is 0.665. The molecule has 0 fully saturated rings. The van der Waals surface area contributed by atoms with Gasteiger partial charge < -0.3 is 8.83 Å². The summed E-state index contributed by atoms with van der Waals surface area (Å²) in [5, 5.41) is 4.28. The molecule has 2 heterocycles. The van der Waals surface area contributed by atoms with E-state index in [1.807, 2.05) is 6.07 Å². The molecule has 0 spiro atoms. The number of benzene rings is 8. The average Bonchev–Trinajstić information content (AvgIpc) is 3.75. The lowest BCUT2D eigenvalue weighted by Gasteiger charge is -2.12. The molecule has 0 amide bonds. The standard InChI is InChI=1S/C48H30O2/c1-4-12-31(13-5-1)36-26-37(32-14-6-2-7-15-32)28-38(27-36)33-22-24-35(25-23-33)40-19-11-21-42-44-30-45-43(29-46(44)50-48(40)42)41-20-10-18-39(47(41)49-45)34-16-8-3-9-17-34/h1-30H. The van der Waals surface area contributed by atoms with Crippen LogP contribution in [-0.2, 0) is 0 Å². The van der Waals surface area contributed by atoms with Crippen molar-refractivity contribution in [2.24, 2.45) is 0 Å². The van der Waals surface area contributed by atoms with E-state index in [0.717, 1.165) is 66.1 Å². The summed E-state index contributed by atoms with van der Waals surface area (Å²) < 4.78 is 13.2. The van der Waals surface area contributed by atoms with Crippen molar-refractivity contribution in [3.05, 3.63) is 182 Å². The maximum atomic E-state index is 6.68. The number of para-hydroxylation sites is 2. The Kier molecular flexibility index (Phi) is 6.53. The first-order valence-corrected chi connectivity index (χ1v) is 17.0. The second-order valence-electron chi connectivity index (χ2n) is 12.9.